The first-order chi connectivity index (χ1) is 13.9. The summed E-state index contributed by atoms with van der Waals surface area (Å²) in [6.07, 6.45) is 3.18. The van der Waals surface area contributed by atoms with Gasteiger partial charge in [0.25, 0.3) is 11.8 Å². The maximum atomic E-state index is 13.3. The highest BCUT2D eigenvalue weighted by molar-refractivity contribution is 6.08. The van der Waals surface area contributed by atoms with Gasteiger partial charge >= 0.3 is 0 Å². The van der Waals surface area contributed by atoms with Gasteiger partial charge in [-0.25, -0.2) is 0 Å². The van der Waals surface area contributed by atoms with Crippen LogP contribution in [0.5, 0.6) is 0 Å². The lowest BCUT2D eigenvalue weighted by molar-refractivity contribution is 0.0647. The van der Waals surface area contributed by atoms with Crippen molar-refractivity contribution < 1.29 is 14.0 Å². The molecule has 29 heavy (non-hydrogen) atoms. The second-order valence-corrected chi connectivity index (χ2v) is 7.76. The first kappa shape index (κ1) is 19.2. The topological polar surface area (TPSA) is 75.4 Å². The van der Waals surface area contributed by atoms with Crippen LogP contribution in [0.1, 0.15) is 50.6 Å². The zero-order valence-corrected chi connectivity index (χ0v) is 17.0. The van der Waals surface area contributed by atoms with E-state index in [-0.39, 0.29) is 17.9 Å². The Morgan fingerprint density at radius 2 is 2.03 bits per heavy atom. The van der Waals surface area contributed by atoms with Crippen LogP contribution in [-0.4, -0.2) is 40.8 Å². The SMILES string of the molecule is Cc1ccc2nc(C)c(C)c(C(=O)N[C@H]3CCCN(C(=O)c4ccco4)C3)c2c1. The molecule has 6 heteroatoms. The minimum Gasteiger partial charge on any atom is -0.459 e. The molecule has 0 bridgehead atoms. The highest BCUT2D eigenvalue weighted by Crippen LogP contribution is 2.25. The van der Waals surface area contributed by atoms with E-state index < -0.39 is 0 Å². The second-order valence-electron chi connectivity index (χ2n) is 7.76. The van der Waals surface area contributed by atoms with Gasteiger partial charge in [0, 0.05) is 30.2 Å². The molecule has 2 amide bonds. The van der Waals surface area contributed by atoms with Crippen molar-refractivity contribution in [2.75, 3.05) is 13.1 Å². The van der Waals surface area contributed by atoms with Crippen LogP contribution in [-0.2, 0) is 0 Å². The van der Waals surface area contributed by atoms with Crippen LogP contribution in [0.2, 0.25) is 0 Å². The molecule has 1 atom stereocenters. The fourth-order valence-electron chi connectivity index (χ4n) is 3.98. The number of likely N-dealkylation sites (tertiary alicyclic amines) is 1. The molecular formula is C23H25N3O3. The summed E-state index contributed by atoms with van der Waals surface area (Å²) in [5.74, 6) is 0.0888. The maximum absolute atomic E-state index is 13.3. The molecule has 0 radical (unpaired) electrons. The number of carbonyl (C=O) groups excluding carboxylic acids is 2. The number of pyridine rings is 1. The Hall–Kier alpha value is -3.15. The number of benzene rings is 1. The van der Waals surface area contributed by atoms with Crippen LogP contribution in [0, 0.1) is 20.8 Å². The largest absolute Gasteiger partial charge is 0.459 e. The monoisotopic (exact) mass is 391 g/mol. The summed E-state index contributed by atoms with van der Waals surface area (Å²) in [5, 5.41) is 4.02. The summed E-state index contributed by atoms with van der Waals surface area (Å²) < 4.78 is 5.24. The predicted molar refractivity (Wildman–Crippen MR) is 111 cm³/mol. The van der Waals surface area contributed by atoms with E-state index in [0.717, 1.165) is 40.6 Å². The van der Waals surface area contributed by atoms with E-state index in [1.165, 1.54) is 6.26 Å². The van der Waals surface area contributed by atoms with Crippen molar-refractivity contribution >= 4 is 22.7 Å². The highest BCUT2D eigenvalue weighted by Gasteiger charge is 2.28. The summed E-state index contributed by atoms with van der Waals surface area (Å²) in [6.45, 7) is 7.02. The Morgan fingerprint density at radius 1 is 1.21 bits per heavy atom. The standard InChI is InChI=1S/C23H25N3O3/c1-14-8-9-19-18(12-14)21(15(2)16(3)24-19)22(27)25-17-6-4-10-26(13-17)23(28)20-7-5-11-29-20/h5,7-9,11-12,17H,4,6,10,13H2,1-3H3,(H,25,27)/t17-/m0/s1. The number of aryl methyl sites for hydroxylation is 2. The normalized spacial score (nSPS) is 16.8. The average molecular weight is 391 g/mol. The quantitative estimate of drug-likeness (QED) is 0.737. The van der Waals surface area contributed by atoms with E-state index in [2.05, 4.69) is 10.3 Å². The molecule has 1 saturated heterocycles. The van der Waals surface area contributed by atoms with Crippen molar-refractivity contribution in [3.05, 3.63) is 64.7 Å². The van der Waals surface area contributed by atoms with Crippen molar-refractivity contribution in [1.29, 1.82) is 0 Å². The average Bonchev–Trinajstić information content (AvgIpc) is 3.23. The number of rotatable bonds is 3. The molecule has 0 spiro atoms. The number of nitrogens with zero attached hydrogens (tertiary/aromatic N) is 2. The third-order valence-electron chi connectivity index (χ3n) is 5.63. The lowest BCUT2D eigenvalue weighted by Gasteiger charge is -2.33. The van der Waals surface area contributed by atoms with E-state index in [0.29, 0.717) is 24.4 Å². The molecule has 3 aromatic rings. The molecule has 1 N–H and O–H groups in total. The predicted octanol–water partition coefficient (Wildman–Crippen LogP) is 3.79. The third kappa shape index (κ3) is 3.75. The molecule has 1 aliphatic rings. The molecule has 0 saturated carbocycles. The molecule has 1 fully saturated rings. The summed E-state index contributed by atoms with van der Waals surface area (Å²) in [6, 6.07) is 9.25. The van der Waals surface area contributed by atoms with E-state index in [1.807, 2.05) is 39.0 Å². The van der Waals surface area contributed by atoms with Crippen LogP contribution < -0.4 is 5.32 Å². The zero-order valence-electron chi connectivity index (χ0n) is 17.0. The summed E-state index contributed by atoms with van der Waals surface area (Å²) in [7, 11) is 0. The fraction of sp³-hybridized carbons (Fsp3) is 0.348. The minimum absolute atomic E-state index is 0.0945. The maximum Gasteiger partial charge on any atom is 0.289 e. The van der Waals surface area contributed by atoms with Crippen molar-refractivity contribution in [2.24, 2.45) is 0 Å². The van der Waals surface area contributed by atoms with Crippen molar-refractivity contribution in [1.82, 2.24) is 15.2 Å². The molecule has 3 heterocycles. The van der Waals surface area contributed by atoms with Crippen molar-refractivity contribution in [3.8, 4) is 0 Å². The van der Waals surface area contributed by atoms with Crippen LogP contribution in [0.4, 0.5) is 0 Å². The molecule has 1 aliphatic heterocycles. The summed E-state index contributed by atoms with van der Waals surface area (Å²) >= 11 is 0. The molecule has 4 rings (SSSR count). The van der Waals surface area contributed by atoms with Crippen LogP contribution in [0.25, 0.3) is 10.9 Å². The number of nitrogens with one attached hydrogen (secondary N) is 1. The van der Waals surface area contributed by atoms with Gasteiger partial charge in [-0.1, -0.05) is 11.6 Å². The number of hydrogen-bond donors (Lipinski definition) is 1. The number of hydrogen-bond acceptors (Lipinski definition) is 4. The summed E-state index contributed by atoms with van der Waals surface area (Å²) in [4.78, 5) is 32.2. The second kappa shape index (κ2) is 7.70. The lowest BCUT2D eigenvalue weighted by Crippen LogP contribution is -2.49. The molecule has 0 aliphatic carbocycles. The van der Waals surface area contributed by atoms with Crippen LogP contribution in [0.3, 0.4) is 0 Å². The van der Waals surface area contributed by atoms with E-state index in [9.17, 15) is 9.59 Å². The van der Waals surface area contributed by atoms with Crippen molar-refractivity contribution in [3.63, 3.8) is 0 Å². The van der Waals surface area contributed by atoms with Gasteiger partial charge in [0.05, 0.1) is 17.3 Å². The number of carbonyl (C=O) groups is 2. The first-order valence-electron chi connectivity index (χ1n) is 9.95. The Morgan fingerprint density at radius 3 is 2.79 bits per heavy atom. The molecule has 0 unspecified atom stereocenters. The molecule has 2 aromatic heterocycles. The Labute approximate surface area is 169 Å². The number of furan rings is 1. The molecule has 6 nitrogen and oxygen atoms in total. The molecule has 150 valence electrons. The smallest absolute Gasteiger partial charge is 0.289 e. The zero-order chi connectivity index (χ0) is 20.5. The Bertz CT molecular complexity index is 1070. The van der Waals surface area contributed by atoms with Gasteiger partial charge in [-0.05, 0) is 63.4 Å². The first-order valence-corrected chi connectivity index (χ1v) is 9.95. The van der Waals surface area contributed by atoms with Gasteiger partial charge in [0.1, 0.15) is 0 Å². The lowest BCUT2D eigenvalue weighted by atomic mass is 9.98. The third-order valence-corrected chi connectivity index (χ3v) is 5.63. The molecule has 1 aromatic carbocycles. The highest BCUT2D eigenvalue weighted by atomic mass is 16.3. The fourth-order valence-corrected chi connectivity index (χ4v) is 3.98. The van der Waals surface area contributed by atoms with E-state index in [4.69, 9.17) is 4.42 Å². The van der Waals surface area contributed by atoms with Gasteiger partial charge in [-0.3, -0.25) is 14.6 Å². The Balaban J connectivity index is 1.57. The van der Waals surface area contributed by atoms with Gasteiger partial charge in [-0.15, -0.1) is 0 Å². The number of aromatic nitrogens is 1. The van der Waals surface area contributed by atoms with Gasteiger partial charge in [-0.2, -0.15) is 0 Å². The number of amides is 2. The van der Waals surface area contributed by atoms with Crippen LogP contribution >= 0.6 is 0 Å². The van der Waals surface area contributed by atoms with Gasteiger partial charge in [0.15, 0.2) is 5.76 Å². The molecular weight excluding hydrogens is 366 g/mol. The van der Waals surface area contributed by atoms with Crippen molar-refractivity contribution in [2.45, 2.75) is 39.7 Å². The van der Waals surface area contributed by atoms with E-state index in [1.54, 1.807) is 17.0 Å². The Kier molecular flexibility index (Phi) is 5.09. The van der Waals surface area contributed by atoms with Crippen LogP contribution in [0.15, 0.2) is 41.0 Å². The summed E-state index contributed by atoms with van der Waals surface area (Å²) in [5.41, 5.74) is 4.32. The minimum atomic E-state index is -0.133. The number of fused-ring (bicyclic) bond motifs is 1. The number of piperidine rings is 1. The van der Waals surface area contributed by atoms with Gasteiger partial charge < -0.3 is 14.6 Å². The van der Waals surface area contributed by atoms with E-state index >= 15 is 0 Å². The van der Waals surface area contributed by atoms with Gasteiger partial charge in [0.2, 0.25) is 0 Å².